The molecule has 0 fully saturated rings. The molecule has 0 aliphatic heterocycles. The fraction of sp³-hybridized carbons (Fsp3) is 0.0323. The summed E-state index contributed by atoms with van der Waals surface area (Å²) in [5, 5.41) is 7.18. The first-order chi connectivity index (χ1) is 32.0. The van der Waals surface area contributed by atoms with E-state index in [2.05, 4.69) is 241 Å². The van der Waals surface area contributed by atoms with Gasteiger partial charge < -0.3 is 13.6 Å². The summed E-state index contributed by atoms with van der Waals surface area (Å²) in [6, 6.07) is 79.6. The van der Waals surface area contributed by atoms with Crippen LogP contribution in [0.25, 0.3) is 121 Å². The number of para-hydroxylation sites is 3. The van der Waals surface area contributed by atoms with Crippen LogP contribution >= 0.6 is 0 Å². The molecule has 0 aliphatic rings. The van der Waals surface area contributed by atoms with Crippen molar-refractivity contribution in [1.82, 2.24) is 9.13 Å². The van der Waals surface area contributed by atoms with E-state index in [1.807, 2.05) is 0 Å². The molecule has 65 heavy (non-hydrogen) atoms. The minimum Gasteiger partial charge on any atom is -0.456 e. The third-order valence-corrected chi connectivity index (χ3v) is 13.6. The molecule has 3 heteroatoms. The van der Waals surface area contributed by atoms with E-state index in [1.54, 1.807) is 0 Å². The van der Waals surface area contributed by atoms with Gasteiger partial charge in [0.15, 0.2) is 0 Å². The Bertz CT molecular complexity index is 4010. The maximum absolute atomic E-state index is 6.46. The molecule has 13 aromatic rings. The van der Waals surface area contributed by atoms with E-state index in [-0.39, 0.29) is 0 Å². The van der Waals surface area contributed by atoms with Crippen LogP contribution in [0.3, 0.4) is 0 Å². The van der Waals surface area contributed by atoms with Gasteiger partial charge >= 0.3 is 0 Å². The van der Waals surface area contributed by atoms with Crippen LogP contribution in [0, 0.1) is 13.8 Å². The van der Waals surface area contributed by atoms with Crippen LogP contribution in [0.2, 0.25) is 0 Å². The lowest BCUT2D eigenvalue weighted by atomic mass is 9.93. The van der Waals surface area contributed by atoms with Crippen LogP contribution in [0.15, 0.2) is 223 Å². The number of aryl methyl sites for hydroxylation is 2. The summed E-state index contributed by atoms with van der Waals surface area (Å²) < 4.78 is 11.2. The first-order valence-corrected chi connectivity index (χ1v) is 22.4. The summed E-state index contributed by atoms with van der Waals surface area (Å²) in [7, 11) is 0. The Morgan fingerprint density at radius 1 is 0.277 bits per heavy atom. The number of fused-ring (bicyclic) bond motifs is 9. The van der Waals surface area contributed by atoms with Gasteiger partial charge in [-0.15, -0.1) is 0 Å². The number of furan rings is 1. The molecule has 0 saturated heterocycles. The minimum atomic E-state index is 0.889. The first-order valence-electron chi connectivity index (χ1n) is 22.4. The highest BCUT2D eigenvalue weighted by molar-refractivity contribution is 6.13. The van der Waals surface area contributed by atoms with Crippen molar-refractivity contribution in [2.24, 2.45) is 0 Å². The fourth-order valence-electron chi connectivity index (χ4n) is 10.3. The average molecular weight is 831 g/mol. The Morgan fingerprint density at radius 3 is 1.28 bits per heavy atom. The van der Waals surface area contributed by atoms with Crippen molar-refractivity contribution in [3.05, 3.63) is 230 Å². The second kappa shape index (κ2) is 14.6. The first kappa shape index (κ1) is 37.2. The lowest BCUT2D eigenvalue weighted by Gasteiger charge is -2.13. The van der Waals surface area contributed by atoms with E-state index >= 15 is 0 Å². The maximum atomic E-state index is 6.46. The highest BCUT2D eigenvalue weighted by atomic mass is 16.3. The predicted octanol–water partition coefficient (Wildman–Crippen LogP) is 17.1. The molecule has 0 bridgehead atoms. The smallest absolute Gasteiger partial charge is 0.135 e. The molecule has 0 aliphatic carbocycles. The molecule has 0 N–H and O–H groups in total. The van der Waals surface area contributed by atoms with Crippen molar-refractivity contribution >= 4 is 65.6 Å². The maximum Gasteiger partial charge on any atom is 0.135 e. The van der Waals surface area contributed by atoms with E-state index in [0.717, 1.165) is 44.4 Å². The zero-order valence-electron chi connectivity index (χ0n) is 36.1. The topological polar surface area (TPSA) is 23.0 Å². The largest absolute Gasteiger partial charge is 0.456 e. The summed E-state index contributed by atoms with van der Waals surface area (Å²) in [6.45, 7) is 4.39. The Balaban J connectivity index is 0.870. The van der Waals surface area contributed by atoms with Crippen LogP contribution in [0.5, 0.6) is 0 Å². The Labute approximate surface area is 376 Å². The van der Waals surface area contributed by atoms with E-state index in [1.165, 1.54) is 88.1 Å². The van der Waals surface area contributed by atoms with E-state index < -0.39 is 0 Å². The molecular formula is C62H42N2O. The van der Waals surface area contributed by atoms with E-state index in [4.69, 9.17) is 4.42 Å². The van der Waals surface area contributed by atoms with Gasteiger partial charge in [0.05, 0.1) is 22.1 Å². The van der Waals surface area contributed by atoms with Crippen LogP contribution < -0.4 is 0 Å². The lowest BCUT2D eigenvalue weighted by molar-refractivity contribution is 0.669. The molecule has 13 rings (SSSR count). The van der Waals surface area contributed by atoms with Gasteiger partial charge in [-0.05, 0) is 160 Å². The number of nitrogens with zero attached hydrogens (tertiary/aromatic N) is 2. The standard InChI is InChI=1S/C62H42N2O/c1-39-12-6-7-15-49(39)52-34-42(21-20-40(52)2)41-22-28-48(29-23-41)64-58-19-11-9-17-51(58)54-36-44(25-31-60(54)64)46-27-33-62-56(38-46)55-37-45(26-32-61(55)65-62)43-24-30-59-53(35-43)50-16-8-10-18-57(50)63(59)47-13-4-3-5-14-47/h3-38H,1-2H3. The molecule has 0 spiro atoms. The predicted molar refractivity (Wildman–Crippen MR) is 274 cm³/mol. The molecule has 10 aromatic carbocycles. The monoisotopic (exact) mass is 830 g/mol. The molecule has 3 heterocycles. The normalized spacial score (nSPS) is 11.8. The zero-order chi connectivity index (χ0) is 43.2. The summed E-state index contributed by atoms with van der Waals surface area (Å²) >= 11 is 0. The molecule has 0 saturated carbocycles. The molecule has 0 unspecified atom stereocenters. The van der Waals surface area contributed by atoms with Crippen LogP contribution in [-0.4, -0.2) is 9.13 Å². The second-order valence-corrected chi connectivity index (χ2v) is 17.4. The average Bonchev–Trinajstić information content (AvgIpc) is 4.01. The highest BCUT2D eigenvalue weighted by Crippen LogP contribution is 2.41. The SMILES string of the molecule is Cc1ccccc1-c1cc(-c2ccc(-n3c4ccccc4c4cc(-c5ccc6oc7ccc(-c8ccc9c(c8)c8ccccc8n9-c8ccccc8)cc7c6c5)ccc43)cc2)ccc1C. The van der Waals surface area contributed by atoms with Gasteiger partial charge in [-0.1, -0.05) is 127 Å². The van der Waals surface area contributed by atoms with Crippen LogP contribution in [0.4, 0.5) is 0 Å². The molecule has 306 valence electrons. The Hall–Kier alpha value is -8.40. The molecule has 0 radical (unpaired) electrons. The number of hydrogen-bond acceptors (Lipinski definition) is 1. The van der Waals surface area contributed by atoms with Gasteiger partial charge in [0, 0.05) is 43.7 Å². The van der Waals surface area contributed by atoms with Crippen molar-refractivity contribution in [1.29, 1.82) is 0 Å². The van der Waals surface area contributed by atoms with Crippen LogP contribution in [-0.2, 0) is 0 Å². The third-order valence-electron chi connectivity index (χ3n) is 13.6. The van der Waals surface area contributed by atoms with Gasteiger partial charge in [-0.2, -0.15) is 0 Å². The summed E-state index contributed by atoms with van der Waals surface area (Å²) in [5.41, 5.74) is 21.1. The summed E-state index contributed by atoms with van der Waals surface area (Å²) in [6.07, 6.45) is 0. The van der Waals surface area contributed by atoms with Crippen molar-refractivity contribution < 1.29 is 4.42 Å². The minimum absolute atomic E-state index is 0.889. The number of aromatic nitrogens is 2. The quantitative estimate of drug-likeness (QED) is 0.164. The second-order valence-electron chi connectivity index (χ2n) is 17.4. The van der Waals surface area contributed by atoms with Gasteiger partial charge in [-0.25, -0.2) is 0 Å². The van der Waals surface area contributed by atoms with Crippen LogP contribution in [0.1, 0.15) is 11.1 Å². The van der Waals surface area contributed by atoms with Crippen molar-refractivity contribution in [3.63, 3.8) is 0 Å². The van der Waals surface area contributed by atoms with Crippen molar-refractivity contribution in [2.75, 3.05) is 0 Å². The number of rotatable bonds is 6. The molecule has 0 amide bonds. The van der Waals surface area contributed by atoms with Gasteiger partial charge in [0.25, 0.3) is 0 Å². The zero-order valence-corrected chi connectivity index (χ0v) is 36.1. The summed E-state index contributed by atoms with van der Waals surface area (Å²) in [4.78, 5) is 0. The van der Waals surface area contributed by atoms with Crippen molar-refractivity contribution in [2.45, 2.75) is 13.8 Å². The fourth-order valence-corrected chi connectivity index (χ4v) is 10.3. The van der Waals surface area contributed by atoms with Gasteiger partial charge in [0.2, 0.25) is 0 Å². The van der Waals surface area contributed by atoms with Gasteiger partial charge in [-0.3, -0.25) is 0 Å². The van der Waals surface area contributed by atoms with E-state index in [0.29, 0.717) is 0 Å². The molecule has 0 atom stereocenters. The molecular weight excluding hydrogens is 789 g/mol. The molecule has 3 nitrogen and oxygen atoms in total. The highest BCUT2D eigenvalue weighted by Gasteiger charge is 2.17. The Kier molecular flexibility index (Phi) is 8.34. The van der Waals surface area contributed by atoms with Crippen molar-refractivity contribution in [3.8, 4) is 55.9 Å². The third kappa shape index (κ3) is 5.97. The summed E-state index contributed by atoms with van der Waals surface area (Å²) in [5.74, 6) is 0. The number of hydrogen-bond donors (Lipinski definition) is 0. The molecule has 3 aromatic heterocycles. The van der Waals surface area contributed by atoms with Gasteiger partial charge in [0.1, 0.15) is 11.2 Å². The lowest BCUT2D eigenvalue weighted by Crippen LogP contribution is -1.94. The Morgan fingerprint density at radius 2 is 0.692 bits per heavy atom. The number of benzene rings is 10. The van der Waals surface area contributed by atoms with E-state index in [9.17, 15) is 0 Å².